The Labute approximate surface area is 230 Å². The van der Waals surface area contributed by atoms with Gasteiger partial charge in [-0.3, -0.25) is 9.80 Å². The van der Waals surface area contributed by atoms with E-state index in [4.69, 9.17) is 4.74 Å². The molecule has 0 spiro atoms. The average molecular weight is 563 g/mol. The molecule has 1 saturated heterocycles. The summed E-state index contributed by atoms with van der Waals surface area (Å²) in [5.74, 6) is 0.654. The van der Waals surface area contributed by atoms with Crippen LogP contribution in [0, 0.1) is 0 Å². The van der Waals surface area contributed by atoms with E-state index in [1.54, 1.807) is 7.11 Å². The molecule has 2 aliphatic rings. The second kappa shape index (κ2) is 11.4. The maximum absolute atomic E-state index is 13.4. The van der Waals surface area contributed by atoms with Gasteiger partial charge in [0.1, 0.15) is 5.75 Å². The van der Waals surface area contributed by atoms with E-state index in [0.29, 0.717) is 18.2 Å². The van der Waals surface area contributed by atoms with Crippen LogP contribution in [0.2, 0.25) is 0 Å². The number of benzene rings is 3. The van der Waals surface area contributed by atoms with Crippen molar-refractivity contribution < 1.29 is 31.1 Å². The van der Waals surface area contributed by atoms with Crippen molar-refractivity contribution in [3.63, 3.8) is 0 Å². The van der Waals surface area contributed by atoms with E-state index < -0.39 is 23.5 Å². The number of halogens is 6. The number of fused-ring (bicyclic) bond motifs is 1. The molecule has 9 heteroatoms. The van der Waals surface area contributed by atoms with Gasteiger partial charge < -0.3 is 4.74 Å². The average Bonchev–Trinajstić information content (AvgIpc) is 3.37. The molecule has 3 aromatic rings. The molecule has 214 valence electrons. The predicted molar refractivity (Wildman–Crippen MR) is 141 cm³/mol. The topological polar surface area (TPSA) is 15.7 Å². The molecule has 0 radical (unpaired) electrons. The van der Waals surface area contributed by atoms with Crippen molar-refractivity contribution >= 4 is 0 Å². The first kappa shape index (κ1) is 28.5. The fourth-order valence-corrected chi connectivity index (χ4v) is 6.15. The second-order valence-corrected chi connectivity index (χ2v) is 10.6. The Morgan fingerprint density at radius 2 is 1.32 bits per heavy atom. The van der Waals surface area contributed by atoms with Gasteiger partial charge in [0, 0.05) is 43.8 Å². The zero-order valence-electron chi connectivity index (χ0n) is 22.2. The number of hydrogen-bond acceptors (Lipinski definition) is 3. The van der Waals surface area contributed by atoms with Crippen LogP contribution >= 0.6 is 0 Å². The smallest absolute Gasteiger partial charge is 0.416 e. The summed E-state index contributed by atoms with van der Waals surface area (Å²) in [6.45, 7) is 3.16. The molecule has 1 unspecified atom stereocenters. The first-order valence-corrected chi connectivity index (χ1v) is 13.5. The van der Waals surface area contributed by atoms with Gasteiger partial charge in [-0.25, -0.2) is 0 Å². The SMILES string of the molecule is COc1ccccc1C(CCc1cc(C(F)(F)F)cc(C(F)(F)F)c1)N1CCN(C2Cc3ccccc3C2)CC1. The van der Waals surface area contributed by atoms with E-state index >= 15 is 0 Å². The third kappa shape index (κ3) is 6.31. The van der Waals surface area contributed by atoms with Crippen LogP contribution in [-0.4, -0.2) is 49.1 Å². The summed E-state index contributed by atoms with van der Waals surface area (Å²) >= 11 is 0. The lowest BCUT2D eigenvalue weighted by molar-refractivity contribution is -0.143. The summed E-state index contributed by atoms with van der Waals surface area (Å²) in [6, 6.07) is 18.1. The Bertz CT molecular complexity index is 1260. The van der Waals surface area contributed by atoms with Gasteiger partial charge in [0.2, 0.25) is 0 Å². The zero-order chi connectivity index (χ0) is 28.5. The molecule has 1 aliphatic carbocycles. The molecule has 1 aliphatic heterocycles. The van der Waals surface area contributed by atoms with E-state index in [0.717, 1.165) is 56.7 Å². The number of hydrogen-bond donors (Lipinski definition) is 0. The summed E-state index contributed by atoms with van der Waals surface area (Å²) in [7, 11) is 1.56. The highest BCUT2D eigenvalue weighted by molar-refractivity contribution is 5.38. The number of rotatable bonds is 7. The molecule has 1 heterocycles. The zero-order valence-corrected chi connectivity index (χ0v) is 22.2. The lowest BCUT2D eigenvalue weighted by Crippen LogP contribution is -2.51. The Morgan fingerprint density at radius 3 is 1.88 bits per heavy atom. The highest BCUT2D eigenvalue weighted by Crippen LogP contribution is 2.38. The summed E-state index contributed by atoms with van der Waals surface area (Å²) in [5.41, 5.74) is 1.12. The first-order valence-electron chi connectivity index (χ1n) is 13.5. The molecule has 3 nitrogen and oxygen atoms in total. The second-order valence-electron chi connectivity index (χ2n) is 10.6. The number of nitrogens with zero attached hydrogens (tertiary/aromatic N) is 2. The third-order valence-corrected chi connectivity index (χ3v) is 8.19. The molecule has 0 bridgehead atoms. The molecule has 0 aromatic heterocycles. The Morgan fingerprint density at radius 1 is 0.775 bits per heavy atom. The highest BCUT2D eigenvalue weighted by atomic mass is 19.4. The molecular formula is C31H32F6N2O. The Hall–Kier alpha value is -3.04. The quantitative estimate of drug-likeness (QED) is 0.284. The van der Waals surface area contributed by atoms with Crippen molar-refractivity contribution in [1.82, 2.24) is 9.80 Å². The Balaban J connectivity index is 1.35. The van der Waals surface area contributed by atoms with Crippen molar-refractivity contribution in [2.45, 2.75) is 50.1 Å². The number of aryl methyl sites for hydroxylation is 1. The number of alkyl halides is 6. The number of para-hydroxylation sites is 1. The van der Waals surface area contributed by atoms with Gasteiger partial charge in [0.25, 0.3) is 0 Å². The fraction of sp³-hybridized carbons (Fsp3) is 0.419. The van der Waals surface area contributed by atoms with Crippen LogP contribution in [0.15, 0.2) is 66.7 Å². The van der Waals surface area contributed by atoms with Crippen LogP contribution < -0.4 is 4.74 Å². The lowest BCUT2D eigenvalue weighted by atomic mass is 9.94. The fourth-order valence-electron chi connectivity index (χ4n) is 6.15. The minimum Gasteiger partial charge on any atom is -0.496 e. The summed E-state index contributed by atoms with van der Waals surface area (Å²) in [4.78, 5) is 4.78. The van der Waals surface area contributed by atoms with Crippen LogP contribution in [0.3, 0.4) is 0 Å². The Kier molecular flexibility index (Phi) is 8.15. The maximum Gasteiger partial charge on any atom is 0.416 e. The van der Waals surface area contributed by atoms with Crippen LogP contribution in [0.1, 0.15) is 45.8 Å². The minimum atomic E-state index is -4.87. The molecule has 1 atom stereocenters. The number of ether oxygens (including phenoxy) is 1. The summed E-state index contributed by atoms with van der Waals surface area (Å²) < 4.78 is 86.3. The monoisotopic (exact) mass is 562 g/mol. The molecular weight excluding hydrogens is 530 g/mol. The number of methoxy groups -OCH3 is 1. The molecule has 1 fully saturated rings. The van der Waals surface area contributed by atoms with Gasteiger partial charge in [-0.05, 0) is 66.6 Å². The molecule has 40 heavy (non-hydrogen) atoms. The summed E-state index contributed by atoms with van der Waals surface area (Å²) in [6.07, 6.45) is -7.28. The highest BCUT2D eigenvalue weighted by Gasteiger charge is 2.37. The van der Waals surface area contributed by atoms with E-state index in [1.807, 2.05) is 24.3 Å². The van der Waals surface area contributed by atoms with Crippen molar-refractivity contribution in [2.24, 2.45) is 0 Å². The van der Waals surface area contributed by atoms with Crippen molar-refractivity contribution in [2.75, 3.05) is 33.3 Å². The largest absolute Gasteiger partial charge is 0.496 e. The van der Waals surface area contributed by atoms with E-state index in [1.165, 1.54) is 11.1 Å². The predicted octanol–water partition coefficient (Wildman–Crippen LogP) is 7.19. The van der Waals surface area contributed by atoms with Crippen LogP contribution in [0.4, 0.5) is 26.3 Å². The van der Waals surface area contributed by atoms with Crippen molar-refractivity contribution in [1.29, 1.82) is 0 Å². The molecule has 0 N–H and O–H groups in total. The molecule has 5 rings (SSSR count). The minimum absolute atomic E-state index is 0.0180. The normalized spacial score (nSPS) is 18.1. The van der Waals surface area contributed by atoms with Gasteiger partial charge >= 0.3 is 12.4 Å². The molecule has 0 saturated carbocycles. The van der Waals surface area contributed by atoms with E-state index in [2.05, 4.69) is 34.1 Å². The van der Waals surface area contributed by atoms with Gasteiger partial charge in [0.15, 0.2) is 0 Å². The van der Waals surface area contributed by atoms with Gasteiger partial charge in [0.05, 0.1) is 18.2 Å². The van der Waals surface area contributed by atoms with Gasteiger partial charge in [-0.1, -0.05) is 42.5 Å². The summed E-state index contributed by atoms with van der Waals surface area (Å²) in [5, 5.41) is 0. The van der Waals surface area contributed by atoms with Gasteiger partial charge in [-0.15, -0.1) is 0 Å². The van der Waals surface area contributed by atoms with Crippen LogP contribution in [0.5, 0.6) is 5.75 Å². The number of piperazine rings is 1. The first-order chi connectivity index (χ1) is 19.0. The standard InChI is InChI=1S/C31H32F6N2O/c1-40-29-9-5-4-8-27(29)28(11-10-21-16-24(30(32,33)34)20-25(17-21)31(35,36)37)39-14-12-38(13-15-39)26-18-22-6-2-3-7-23(22)19-26/h2-9,16-17,20,26,28H,10-15,18-19H2,1H3. The lowest BCUT2D eigenvalue weighted by Gasteiger charge is -2.42. The van der Waals surface area contributed by atoms with Gasteiger partial charge in [-0.2, -0.15) is 26.3 Å². The molecule has 0 amide bonds. The third-order valence-electron chi connectivity index (χ3n) is 8.19. The maximum atomic E-state index is 13.4. The van der Waals surface area contributed by atoms with Crippen molar-refractivity contribution in [3.8, 4) is 5.75 Å². The van der Waals surface area contributed by atoms with Crippen molar-refractivity contribution in [3.05, 3.63) is 100 Å². The van der Waals surface area contributed by atoms with E-state index in [9.17, 15) is 26.3 Å². The van der Waals surface area contributed by atoms with Crippen LogP contribution in [-0.2, 0) is 31.6 Å². The van der Waals surface area contributed by atoms with E-state index in [-0.39, 0.29) is 24.1 Å². The molecule has 3 aromatic carbocycles. The van der Waals surface area contributed by atoms with Crippen LogP contribution in [0.25, 0.3) is 0 Å².